The maximum absolute atomic E-state index is 2.20. The van der Waals surface area contributed by atoms with Gasteiger partial charge in [0.25, 0.3) is 0 Å². The second-order valence-corrected chi connectivity index (χ2v) is 3.24. The Bertz CT molecular complexity index is 393. The minimum absolute atomic E-state index is 0. The van der Waals surface area contributed by atoms with Crippen LogP contribution in [-0.4, -0.2) is 8.41 Å². The monoisotopic (exact) mass is 182 g/mol. The fourth-order valence-electron chi connectivity index (χ4n) is 1.46. The van der Waals surface area contributed by atoms with Gasteiger partial charge in [-0.2, -0.15) is 0 Å². The smallest absolute Gasteiger partial charge is 0.0622 e. The van der Waals surface area contributed by atoms with Crippen molar-refractivity contribution in [3.05, 3.63) is 60.2 Å². The van der Waals surface area contributed by atoms with Gasteiger partial charge in [0.2, 0.25) is 0 Å². The molecular weight excluding hydrogens is 167 g/mol. The molecular formula is C13H15B. The maximum Gasteiger partial charge on any atom is 0.0814 e. The number of hydrogen-bond donors (Lipinski definition) is 0. The summed E-state index contributed by atoms with van der Waals surface area (Å²) in [6.45, 7) is 2.12. The highest BCUT2D eigenvalue weighted by molar-refractivity contribution is 5.75. The molecule has 0 aliphatic rings. The van der Waals surface area contributed by atoms with Crippen LogP contribution in [0, 0.1) is 6.92 Å². The molecule has 0 fully saturated rings. The lowest BCUT2D eigenvalue weighted by molar-refractivity contribution is 1.47. The Labute approximate surface area is 87.2 Å². The van der Waals surface area contributed by atoms with Crippen LogP contribution < -0.4 is 0 Å². The molecule has 0 amide bonds. The van der Waals surface area contributed by atoms with E-state index in [1.165, 1.54) is 16.7 Å². The third kappa shape index (κ3) is 2.26. The molecule has 0 aromatic heterocycles. The highest BCUT2D eigenvalue weighted by atomic mass is 14.0. The summed E-state index contributed by atoms with van der Waals surface area (Å²) in [5.41, 5.74) is 3.88. The first-order valence-corrected chi connectivity index (χ1v) is 4.48. The molecule has 0 heterocycles. The standard InChI is InChI=1S/C13H12.BH3/c1-11-6-5-9-13(10-11)12-7-3-2-4-8-12;/h2-10H,1H3;1H3. The van der Waals surface area contributed by atoms with Crippen molar-refractivity contribution in [3.63, 3.8) is 0 Å². The normalized spacial score (nSPS) is 9.21. The average Bonchev–Trinajstić information content (AvgIpc) is 2.19. The van der Waals surface area contributed by atoms with E-state index in [1.807, 2.05) is 6.07 Å². The van der Waals surface area contributed by atoms with Crippen molar-refractivity contribution in [3.8, 4) is 11.1 Å². The predicted octanol–water partition coefficient (Wildman–Crippen LogP) is 2.48. The fourth-order valence-corrected chi connectivity index (χ4v) is 1.46. The summed E-state index contributed by atoms with van der Waals surface area (Å²) in [6, 6.07) is 19.0. The van der Waals surface area contributed by atoms with Crippen molar-refractivity contribution < 1.29 is 0 Å². The Morgan fingerprint density at radius 2 is 1.36 bits per heavy atom. The summed E-state index contributed by atoms with van der Waals surface area (Å²) in [7, 11) is 0. The van der Waals surface area contributed by atoms with Crippen LogP contribution in [0.2, 0.25) is 0 Å². The number of hydrogen-bond acceptors (Lipinski definition) is 0. The van der Waals surface area contributed by atoms with E-state index < -0.39 is 0 Å². The van der Waals surface area contributed by atoms with Gasteiger partial charge in [-0.1, -0.05) is 60.2 Å². The van der Waals surface area contributed by atoms with Crippen LogP contribution in [-0.2, 0) is 0 Å². The molecule has 0 radical (unpaired) electrons. The quantitative estimate of drug-likeness (QED) is 0.594. The second-order valence-electron chi connectivity index (χ2n) is 3.24. The van der Waals surface area contributed by atoms with Crippen molar-refractivity contribution in [1.29, 1.82) is 0 Å². The molecule has 0 bridgehead atoms. The van der Waals surface area contributed by atoms with Gasteiger partial charge in [0.05, 0.1) is 8.41 Å². The van der Waals surface area contributed by atoms with Gasteiger partial charge in [0.15, 0.2) is 0 Å². The number of benzene rings is 2. The van der Waals surface area contributed by atoms with Crippen molar-refractivity contribution in [2.24, 2.45) is 0 Å². The van der Waals surface area contributed by atoms with E-state index in [0.29, 0.717) is 0 Å². The minimum Gasteiger partial charge on any atom is -0.0622 e. The summed E-state index contributed by atoms with van der Waals surface area (Å²) in [6.07, 6.45) is 0. The molecule has 70 valence electrons. The van der Waals surface area contributed by atoms with Crippen LogP contribution >= 0.6 is 0 Å². The third-order valence-electron chi connectivity index (χ3n) is 2.13. The van der Waals surface area contributed by atoms with Gasteiger partial charge in [-0.25, -0.2) is 0 Å². The molecule has 0 aliphatic carbocycles. The Kier molecular flexibility index (Phi) is 3.52. The summed E-state index contributed by atoms with van der Waals surface area (Å²) in [5, 5.41) is 0. The SMILES string of the molecule is B.Cc1cccc(-c2ccccc2)c1. The highest BCUT2D eigenvalue weighted by Gasteiger charge is 1.94. The van der Waals surface area contributed by atoms with Gasteiger partial charge in [0.1, 0.15) is 0 Å². The zero-order valence-corrected chi connectivity index (χ0v) is 7.70. The van der Waals surface area contributed by atoms with Crippen molar-refractivity contribution >= 4 is 8.41 Å². The maximum atomic E-state index is 2.20. The van der Waals surface area contributed by atoms with Gasteiger partial charge in [-0.05, 0) is 18.1 Å². The fraction of sp³-hybridized carbons (Fsp3) is 0.0769. The highest BCUT2D eigenvalue weighted by Crippen LogP contribution is 2.19. The van der Waals surface area contributed by atoms with E-state index >= 15 is 0 Å². The van der Waals surface area contributed by atoms with Crippen molar-refractivity contribution in [2.45, 2.75) is 6.92 Å². The lowest BCUT2D eigenvalue weighted by Crippen LogP contribution is -1.77. The predicted molar refractivity (Wildman–Crippen MR) is 66.6 cm³/mol. The topological polar surface area (TPSA) is 0 Å². The molecule has 2 rings (SSSR count). The Balaban J connectivity index is 0.000000980. The lowest BCUT2D eigenvalue weighted by atomic mass is 10.0. The molecule has 0 nitrogen and oxygen atoms in total. The van der Waals surface area contributed by atoms with Crippen LogP contribution in [0.1, 0.15) is 5.56 Å². The van der Waals surface area contributed by atoms with Crippen LogP contribution in [0.15, 0.2) is 54.6 Å². The Morgan fingerprint density at radius 3 is 2.00 bits per heavy atom. The summed E-state index contributed by atoms with van der Waals surface area (Å²) >= 11 is 0. The lowest BCUT2D eigenvalue weighted by Gasteiger charge is -2.01. The van der Waals surface area contributed by atoms with Gasteiger partial charge in [-0.3, -0.25) is 0 Å². The first-order valence-electron chi connectivity index (χ1n) is 4.48. The summed E-state index contributed by atoms with van der Waals surface area (Å²) < 4.78 is 0. The van der Waals surface area contributed by atoms with E-state index in [4.69, 9.17) is 0 Å². The van der Waals surface area contributed by atoms with Gasteiger partial charge in [0, 0.05) is 0 Å². The summed E-state index contributed by atoms with van der Waals surface area (Å²) in [5.74, 6) is 0. The van der Waals surface area contributed by atoms with E-state index in [2.05, 4.69) is 55.5 Å². The number of aryl methyl sites for hydroxylation is 1. The molecule has 0 saturated heterocycles. The molecule has 2 aromatic carbocycles. The van der Waals surface area contributed by atoms with Gasteiger partial charge in [-0.15, -0.1) is 0 Å². The molecule has 1 heteroatoms. The van der Waals surface area contributed by atoms with E-state index in [1.54, 1.807) is 0 Å². The molecule has 2 aromatic rings. The van der Waals surface area contributed by atoms with E-state index in [-0.39, 0.29) is 8.41 Å². The Hall–Kier alpha value is -1.50. The third-order valence-corrected chi connectivity index (χ3v) is 2.13. The molecule has 0 atom stereocenters. The van der Waals surface area contributed by atoms with E-state index in [9.17, 15) is 0 Å². The molecule has 14 heavy (non-hydrogen) atoms. The molecule has 0 unspecified atom stereocenters. The Morgan fingerprint density at radius 1 is 0.714 bits per heavy atom. The van der Waals surface area contributed by atoms with Crippen LogP contribution in [0.5, 0.6) is 0 Å². The number of rotatable bonds is 1. The first kappa shape index (κ1) is 10.6. The van der Waals surface area contributed by atoms with Crippen molar-refractivity contribution in [2.75, 3.05) is 0 Å². The van der Waals surface area contributed by atoms with Gasteiger partial charge >= 0.3 is 0 Å². The minimum atomic E-state index is 0. The van der Waals surface area contributed by atoms with E-state index in [0.717, 1.165) is 0 Å². The molecule has 0 spiro atoms. The second kappa shape index (κ2) is 4.66. The molecule has 0 saturated carbocycles. The largest absolute Gasteiger partial charge is 0.0814 e. The first-order chi connectivity index (χ1) is 6.36. The zero-order chi connectivity index (χ0) is 9.10. The zero-order valence-electron chi connectivity index (χ0n) is 7.70. The molecule has 0 N–H and O–H groups in total. The summed E-state index contributed by atoms with van der Waals surface area (Å²) in [4.78, 5) is 0. The van der Waals surface area contributed by atoms with Crippen LogP contribution in [0.25, 0.3) is 11.1 Å². The van der Waals surface area contributed by atoms with Gasteiger partial charge < -0.3 is 0 Å². The average molecular weight is 182 g/mol. The van der Waals surface area contributed by atoms with Crippen molar-refractivity contribution in [1.82, 2.24) is 0 Å². The van der Waals surface area contributed by atoms with Crippen LogP contribution in [0.4, 0.5) is 0 Å². The molecule has 0 aliphatic heterocycles. The van der Waals surface area contributed by atoms with Crippen LogP contribution in [0.3, 0.4) is 0 Å².